The molecular weight excluding hydrogens is 234 g/mol. The summed E-state index contributed by atoms with van der Waals surface area (Å²) >= 11 is 0. The molecule has 1 N–H and O–H groups in total. The van der Waals surface area contributed by atoms with E-state index in [9.17, 15) is 0 Å². The molecule has 1 aromatic rings. The van der Waals surface area contributed by atoms with Crippen molar-refractivity contribution in [2.75, 3.05) is 6.54 Å². The van der Waals surface area contributed by atoms with Crippen molar-refractivity contribution in [2.24, 2.45) is 5.92 Å². The van der Waals surface area contributed by atoms with E-state index >= 15 is 0 Å². The van der Waals surface area contributed by atoms with Crippen LogP contribution in [0.4, 0.5) is 0 Å². The van der Waals surface area contributed by atoms with Crippen molar-refractivity contribution in [2.45, 2.75) is 57.6 Å². The van der Waals surface area contributed by atoms with E-state index in [1.807, 2.05) is 0 Å². The van der Waals surface area contributed by atoms with Crippen molar-refractivity contribution >= 4 is 0 Å². The van der Waals surface area contributed by atoms with E-state index in [-0.39, 0.29) is 0 Å². The van der Waals surface area contributed by atoms with Gasteiger partial charge in [-0.1, -0.05) is 38.0 Å². The van der Waals surface area contributed by atoms with E-state index < -0.39 is 0 Å². The highest BCUT2D eigenvalue weighted by molar-refractivity contribution is 5.37. The Morgan fingerprint density at radius 1 is 1.32 bits per heavy atom. The number of ether oxygens (including phenoxy) is 1. The lowest BCUT2D eigenvalue weighted by molar-refractivity contribution is 0.169. The van der Waals surface area contributed by atoms with Crippen LogP contribution in [0, 0.1) is 5.92 Å². The van der Waals surface area contributed by atoms with Gasteiger partial charge in [-0.25, -0.2) is 0 Å². The Morgan fingerprint density at radius 3 is 2.89 bits per heavy atom. The van der Waals surface area contributed by atoms with Crippen LogP contribution in [0.5, 0.6) is 5.75 Å². The summed E-state index contributed by atoms with van der Waals surface area (Å²) < 4.78 is 6.16. The average molecular weight is 259 g/mol. The van der Waals surface area contributed by atoms with Crippen molar-refractivity contribution in [3.63, 3.8) is 0 Å². The summed E-state index contributed by atoms with van der Waals surface area (Å²) in [6.45, 7) is 3.33. The molecule has 2 aliphatic rings. The van der Waals surface area contributed by atoms with Crippen molar-refractivity contribution in [3.8, 4) is 5.75 Å². The van der Waals surface area contributed by atoms with Crippen molar-refractivity contribution in [1.29, 1.82) is 0 Å². The Labute approximate surface area is 116 Å². The van der Waals surface area contributed by atoms with Crippen LogP contribution >= 0.6 is 0 Å². The first kappa shape index (κ1) is 13.0. The maximum Gasteiger partial charge on any atom is 0.123 e. The summed E-state index contributed by atoms with van der Waals surface area (Å²) in [7, 11) is 0. The van der Waals surface area contributed by atoms with E-state index in [0.717, 1.165) is 24.6 Å². The van der Waals surface area contributed by atoms with Crippen LogP contribution in [0.25, 0.3) is 0 Å². The zero-order valence-electron chi connectivity index (χ0n) is 11.9. The maximum atomic E-state index is 6.16. The Hall–Kier alpha value is -1.02. The van der Waals surface area contributed by atoms with Gasteiger partial charge in [0.25, 0.3) is 0 Å². The SMILES string of the molecule is CCCNC(CCC1CC1)C1Cc2ccccc2O1. The van der Waals surface area contributed by atoms with Gasteiger partial charge >= 0.3 is 0 Å². The molecule has 1 aromatic carbocycles. The molecule has 2 unspecified atom stereocenters. The fourth-order valence-electron chi connectivity index (χ4n) is 3.00. The standard InChI is InChI=1S/C17H25NO/c1-2-11-18-15(10-9-13-7-8-13)17-12-14-5-3-4-6-16(14)19-17/h3-6,13,15,17-18H,2,7-12H2,1H3. The van der Waals surface area contributed by atoms with E-state index in [4.69, 9.17) is 4.74 Å². The van der Waals surface area contributed by atoms with Crippen molar-refractivity contribution in [3.05, 3.63) is 29.8 Å². The molecule has 2 nitrogen and oxygen atoms in total. The van der Waals surface area contributed by atoms with Crippen LogP contribution in [0.3, 0.4) is 0 Å². The Balaban J connectivity index is 1.59. The lowest BCUT2D eigenvalue weighted by Gasteiger charge is -2.24. The van der Waals surface area contributed by atoms with Crippen LogP contribution in [-0.4, -0.2) is 18.7 Å². The zero-order chi connectivity index (χ0) is 13.1. The number of rotatable bonds is 7. The monoisotopic (exact) mass is 259 g/mol. The maximum absolute atomic E-state index is 6.16. The zero-order valence-corrected chi connectivity index (χ0v) is 11.9. The molecule has 1 aliphatic carbocycles. The molecule has 0 amide bonds. The van der Waals surface area contributed by atoms with Gasteiger partial charge in [0.15, 0.2) is 0 Å². The molecular formula is C17H25NO. The predicted octanol–water partition coefficient (Wildman–Crippen LogP) is 3.55. The van der Waals surface area contributed by atoms with Gasteiger partial charge in [0.1, 0.15) is 11.9 Å². The molecule has 104 valence electrons. The molecule has 1 saturated carbocycles. The van der Waals surface area contributed by atoms with Crippen LogP contribution < -0.4 is 10.1 Å². The van der Waals surface area contributed by atoms with Crippen LogP contribution in [0.1, 0.15) is 44.6 Å². The van der Waals surface area contributed by atoms with Gasteiger partial charge in [-0.2, -0.15) is 0 Å². The molecule has 0 bridgehead atoms. The average Bonchev–Trinajstić information content (AvgIpc) is 3.16. The molecule has 1 aliphatic heterocycles. The smallest absolute Gasteiger partial charge is 0.123 e. The van der Waals surface area contributed by atoms with E-state index in [1.54, 1.807) is 0 Å². The molecule has 2 atom stereocenters. The second-order valence-electron chi connectivity index (χ2n) is 6.05. The fourth-order valence-corrected chi connectivity index (χ4v) is 3.00. The molecule has 1 heterocycles. The summed E-state index contributed by atoms with van der Waals surface area (Å²) in [5.41, 5.74) is 1.38. The molecule has 0 spiro atoms. The summed E-state index contributed by atoms with van der Waals surface area (Å²) in [6.07, 6.45) is 8.14. The number of para-hydroxylation sites is 1. The second kappa shape index (κ2) is 5.96. The third-order valence-corrected chi connectivity index (χ3v) is 4.36. The highest BCUT2D eigenvalue weighted by Crippen LogP contribution is 2.36. The molecule has 3 rings (SSSR count). The molecule has 0 saturated heterocycles. The third kappa shape index (κ3) is 3.30. The van der Waals surface area contributed by atoms with Gasteiger partial charge in [0, 0.05) is 12.5 Å². The van der Waals surface area contributed by atoms with Crippen LogP contribution in [0.2, 0.25) is 0 Å². The van der Waals surface area contributed by atoms with Crippen molar-refractivity contribution < 1.29 is 4.74 Å². The molecule has 1 fully saturated rings. The molecule has 0 aromatic heterocycles. The fraction of sp³-hybridized carbons (Fsp3) is 0.647. The van der Waals surface area contributed by atoms with Gasteiger partial charge in [0.2, 0.25) is 0 Å². The first-order valence-electron chi connectivity index (χ1n) is 7.84. The molecule has 0 radical (unpaired) electrons. The third-order valence-electron chi connectivity index (χ3n) is 4.36. The van der Waals surface area contributed by atoms with E-state index in [1.165, 1.54) is 37.7 Å². The molecule has 2 heteroatoms. The number of nitrogens with one attached hydrogen (secondary N) is 1. The van der Waals surface area contributed by atoms with Gasteiger partial charge in [-0.05, 0) is 43.4 Å². The summed E-state index contributed by atoms with van der Waals surface area (Å²) in [5, 5.41) is 3.70. The van der Waals surface area contributed by atoms with Gasteiger partial charge in [-0.15, -0.1) is 0 Å². The van der Waals surface area contributed by atoms with E-state index in [0.29, 0.717) is 12.1 Å². The van der Waals surface area contributed by atoms with E-state index in [2.05, 4.69) is 36.5 Å². The van der Waals surface area contributed by atoms with Gasteiger partial charge in [-0.3, -0.25) is 0 Å². The van der Waals surface area contributed by atoms with Crippen molar-refractivity contribution in [1.82, 2.24) is 5.32 Å². The first-order valence-corrected chi connectivity index (χ1v) is 7.84. The lowest BCUT2D eigenvalue weighted by Crippen LogP contribution is -2.42. The van der Waals surface area contributed by atoms with Crippen LogP contribution in [0.15, 0.2) is 24.3 Å². The van der Waals surface area contributed by atoms with Gasteiger partial charge < -0.3 is 10.1 Å². The number of fused-ring (bicyclic) bond motifs is 1. The lowest BCUT2D eigenvalue weighted by atomic mass is 9.99. The first-order chi connectivity index (χ1) is 9.36. The normalized spacial score (nSPS) is 22.9. The Kier molecular flexibility index (Phi) is 4.07. The Morgan fingerprint density at radius 2 is 2.16 bits per heavy atom. The topological polar surface area (TPSA) is 21.3 Å². The number of benzene rings is 1. The van der Waals surface area contributed by atoms with Gasteiger partial charge in [0.05, 0.1) is 0 Å². The van der Waals surface area contributed by atoms with Crippen LogP contribution in [-0.2, 0) is 6.42 Å². The quantitative estimate of drug-likeness (QED) is 0.808. The Bertz CT molecular complexity index is 388. The minimum absolute atomic E-state index is 0.336. The largest absolute Gasteiger partial charge is 0.488 e. The highest BCUT2D eigenvalue weighted by Gasteiger charge is 2.31. The highest BCUT2D eigenvalue weighted by atomic mass is 16.5. The summed E-state index contributed by atoms with van der Waals surface area (Å²) in [5.74, 6) is 2.11. The summed E-state index contributed by atoms with van der Waals surface area (Å²) in [4.78, 5) is 0. The minimum atomic E-state index is 0.336. The molecule has 19 heavy (non-hydrogen) atoms. The second-order valence-corrected chi connectivity index (χ2v) is 6.05. The summed E-state index contributed by atoms with van der Waals surface area (Å²) in [6, 6.07) is 9.01. The number of hydrogen-bond donors (Lipinski definition) is 1. The minimum Gasteiger partial charge on any atom is -0.488 e. The number of hydrogen-bond acceptors (Lipinski definition) is 2. The predicted molar refractivity (Wildman–Crippen MR) is 78.6 cm³/mol.